The Morgan fingerprint density at radius 2 is 2.08 bits per heavy atom. The van der Waals surface area contributed by atoms with Crippen molar-refractivity contribution in [3.8, 4) is 5.82 Å². The molecule has 7 nitrogen and oxygen atoms in total. The summed E-state index contributed by atoms with van der Waals surface area (Å²) in [6, 6.07) is 3.53. The lowest BCUT2D eigenvalue weighted by Crippen LogP contribution is -2.26. The van der Waals surface area contributed by atoms with Gasteiger partial charge in [-0.1, -0.05) is 11.2 Å². The fourth-order valence-corrected chi connectivity index (χ4v) is 2.47. The number of aryl methyl sites for hydroxylation is 2. The van der Waals surface area contributed by atoms with Crippen LogP contribution in [0.25, 0.3) is 5.82 Å². The molecule has 2 aromatic heterocycles. The zero-order chi connectivity index (χ0) is 18.6. The molecular weight excluding hydrogens is 324 g/mol. The van der Waals surface area contributed by atoms with E-state index in [1.54, 1.807) is 26.0 Å². The van der Waals surface area contributed by atoms with E-state index in [1.807, 2.05) is 18.4 Å². The molecule has 0 amide bonds. The average Bonchev–Trinajstić information content (AvgIpc) is 3.12. The molecule has 0 fully saturated rings. The first-order chi connectivity index (χ1) is 11.8. The average molecular weight is 346 g/mol. The van der Waals surface area contributed by atoms with Crippen LogP contribution >= 0.6 is 0 Å². The topological polar surface area (TPSA) is 83.6 Å². The van der Waals surface area contributed by atoms with Crippen molar-refractivity contribution in [3.63, 3.8) is 0 Å². The minimum atomic E-state index is -0.753. The van der Waals surface area contributed by atoms with Gasteiger partial charge in [-0.25, -0.2) is 4.79 Å². The number of rotatable bonds is 8. The number of aromatic nitrogens is 2. The monoisotopic (exact) mass is 346 g/mol. The maximum atomic E-state index is 12.4. The van der Waals surface area contributed by atoms with E-state index in [0.717, 1.165) is 5.69 Å². The molecule has 134 valence electrons. The third kappa shape index (κ3) is 4.24. The first-order valence-corrected chi connectivity index (χ1v) is 7.90. The van der Waals surface area contributed by atoms with Gasteiger partial charge in [-0.2, -0.15) is 0 Å². The van der Waals surface area contributed by atoms with Crippen LogP contribution in [0.2, 0.25) is 0 Å². The van der Waals surface area contributed by atoms with E-state index in [1.165, 1.54) is 6.08 Å². The van der Waals surface area contributed by atoms with Gasteiger partial charge in [0, 0.05) is 23.0 Å². The Bertz CT molecular complexity index is 787. The van der Waals surface area contributed by atoms with Crippen LogP contribution in [0.15, 0.2) is 29.3 Å². The molecule has 0 aliphatic carbocycles. The smallest absolute Gasteiger partial charge is 0.335 e. The zero-order valence-electron chi connectivity index (χ0n) is 14.9. The summed E-state index contributed by atoms with van der Waals surface area (Å²) in [5, 5.41) is 3.97. The predicted molar refractivity (Wildman–Crippen MR) is 90.9 cm³/mol. The Balaban J connectivity index is 2.08. The number of hydrogen-bond donors (Lipinski definition) is 0. The third-order valence-electron chi connectivity index (χ3n) is 3.72. The molecule has 1 atom stereocenters. The van der Waals surface area contributed by atoms with Crippen molar-refractivity contribution in [1.82, 2.24) is 9.72 Å². The standard InChI is InChI=1S/C18H22N2O5/c1-6-7-23-14(5)18(22)24-10-16(21)15-8-11(2)20(13(15)4)17-9-12(3)25-19-17/h6,8-9,14H,1,7,10H2,2-5H3. The van der Waals surface area contributed by atoms with Crippen LogP contribution in [0, 0.1) is 20.8 Å². The van der Waals surface area contributed by atoms with Gasteiger partial charge in [-0.3, -0.25) is 9.36 Å². The van der Waals surface area contributed by atoms with E-state index in [9.17, 15) is 9.59 Å². The molecule has 0 N–H and O–H groups in total. The highest BCUT2D eigenvalue weighted by molar-refractivity contribution is 5.99. The number of carbonyl (C=O) groups excluding carboxylic acids is 2. The fraction of sp³-hybridized carbons (Fsp3) is 0.389. The van der Waals surface area contributed by atoms with Crippen molar-refractivity contribution in [3.05, 3.63) is 47.5 Å². The molecule has 0 saturated carbocycles. The highest BCUT2D eigenvalue weighted by Gasteiger charge is 2.21. The van der Waals surface area contributed by atoms with Crippen molar-refractivity contribution in [2.75, 3.05) is 13.2 Å². The lowest BCUT2D eigenvalue weighted by molar-refractivity contribution is -0.154. The fourth-order valence-electron chi connectivity index (χ4n) is 2.47. The minimum Gasteiger partial charge on any atom is -0.455 e. The zero-order valence-corrected chi connectivity index (χ0v) is 14.9. The van der Waals surface area contributed by atoms with Crippen LogP contribution in [0.1, 0.15) is 34.4 Å². The summed E-state index contributed by atoms with van der Waals surface area (Å²) in [6.07, 6.45) is 0.784. The number of hydrogen-bond acceptors (Lipinski definition) is 6. The van der Waals surface area contributed by atoms with Gasteiger partial charge >= 0.3 is 5.97 Å². The van der Waals surface area contributed by atoms with Crippen LogP contribution in [0.5, 0.6) is 0 Å². The molecule has 0 aromatic carbocycles. The summed E-state index contributed by atoms with van der Waals surface area (Å²) in [5.74, 6) is 0.410. The highest BCUT2D eigenvalue weighted by atomic mass is 16.6. The van der Waals surface area contributed by atoms with Crippen molar-refractivity contribution < 1.29 is 23.6 Å². The van der Waals surface area contributed by atoms with Crippen molar-refractivity contribution in [2.24, 2.45) is 0 Å². The molecule has 2 rings (SSSR count). The Kier molecular flexibility index (Phi) is 5.93. The minimum absolute atomic E-state index is 0.239. The predicted octanol–water partition coefficient (Wildman–Crippen LogP) is 2.71. The van der Waals surface area contributed by atoms with Gasteiger partial charge in [0.05, 0.1) is 6.61 Å². The molecule has 2 aromatic rings. The number of carbonyl (C=O) groups is 2. The number of ketones is 1. The Morgan fingerprint density at radius 3 is 2.68 bits per heavy atom. The Morgan fingerprint density at radius 1 is 1.36 bits per heavy atom. The molecule has 2 heterocycles. The Labute approximate surface area is 146 Å². The van der Waals surface area contributed by atoms with E-state index in [2.05, 4.69) is 11.7 Å². The van der Waals surface area contributed by atoms with E-state index < -0.39 is 12.1 Å². The maximum Gasteiger partial charge on any atom is 0.335 e. The summed E-state index contributed by atoms with van der Waals surface area (Å²) >= 11 is 0. The maximum absolute atomic E-state index is 12.4. The van der Waals surface area contributed by atoms with Gasteiger partial charge in [-0.05, 0) is 33.8 Å². The molecule has 25 heavy (non-hydrogen) atoms. The van der Waals surface area contributed by atoms with E-state index in [-0.39, 0.29) is 19.0 Å². The number of esters is 1. The molecule has 7 heteroatoms. The third-order valence-corrected chi connectivity index (χ3v) is 3.72. The molecule has 0 aliphatic rings. The molecule has 1 unspecified atom stereocenters. The van der Waals surface area contributed by atoms with Crippen molar-refractivity contribution >= 4 is 11.8 Å². The lowest BCUT2D eigenvalue weighted by atomic mass is 10.1. The number of ether oxygens (including phenoxy) is 2. The normalized spacial score (nSPS) is 12.0. The molecule has 0 bridgehead atoms. The van der Waals surface area contributed by atoms with E-state index in [4.69, 9.17) is 14.0 Å². The molecular formula is C18H22N2O5. The lowest BCUT2D eigenvalue weighted by Gasteiger charge is -2.11. The highest BCUT2D eigenvalue weighted by Crippen LogP contribution is 2.21. The molecule has 0 aliphatic heterocycles. The first kappa shape index (κ1) is 18.7. The van der Waals surface area contributed by atoms with Gasteiger partial charge in [-0.15, -0.1) is 6.58 Å². The molecule has 0 radical (unpaired) electrons. The second kappa shape index (κ2) is 7.94. The summed E-state index contributed by atoms with van der Waals surface area (Å²) in [7, 11) is 0. The van der Waals surface area contributed by atoms with Crippen molar-refractivity contribution in [1.29, 1.82) is 0 Å². The largest absolute Gasteiger partial charge is 0.455 e. The van der Waals surface area contributed by atoms with Gasteiger partial charge in [0.2, 0.25) is 5.78 Å². The summed E-state index contributed by atoms with van der Waals surface area (Å²) in [5.41, 5.74) is 2.02. The summed E-state index contributed by atoms with van der Waals surface area (Å²) in [6.45, 7) is 10.4. The van der Waals surface area contributed by atoms with Crippen molar-refractivity contribution in [2.45, 2.75) is 33.8 Å². The number of nitrogens with zero attached hydrogens (tertiary/aromatic N) is 2. The molecule has 0 saturated heterocycles. The quantitative estimate of drug-likeness (QED) is 0.415. The van der Waals surface area contributed by atoms with E-state index >= 15 is 0 Å². The van der Waals surface area contributed by atoms with Crippen LogP contribution in [0.4, 0.5) is 0 Å². The first-order valence-electron chi connectivity index (χ1n) is 7.90. The second-order valence-electron chi connectivity index (χ2n) is 5.71. The SMILES string of the molecule is C=CCOC(C)C(=O)OCC(=O)c1cc(C)n(-c2cc(C)on2)c1C. The summed E-state index contributed by atoms with van der Waals surface area (Å²) in [4.78, 5) is 24.2. The van der Waals surface area contributed by atoms with Crippen LogP contribution in [-0.2, 0) is 14.3 Å². The van der Waals surface area contributed by atoms with E-state index in [0.29, 0.717) is 22.8 Å². The summed E-state index contributed by atoms with van der Waals surface area (Å²) < 4.78 is 17.1. The van der Waals surface area contributed by atoms with Gasteiger partial charge in [0.25, 0.3) is 0 Å². The van der Waals surface area contributed by atoms with Crippen LogP contribution < -0.4 is 0 Å². The second-order valence-corrected chi connectivity index (χ2v) is 5.71. The van der Waals surface area contributed by atoms with Gasteiger partial charge in [0.1, 0.15) is 5.76 Å². The molecule has 0 spiro atoms. The van der Waals surface area contributed by atoms with Crippen LogP contribution in [-0.4, -0.2) is 40.8 Å². The van der Waals surface area contributed by atoms with Crippen LogP contribution in [0.3, 0.4) is 0 Å². The van der Waals surface area contributed by atoms with Gasteiger partial charge in [0.15, 0.2) is 18.5 Å². The van der Waals surface area contributed by atoms with Gasteiger partial charge < -0.3 is 14.0 Å². The Hall–Kier alpha value is -2.67. The number of Topliss-reactive ketones (excluding diaryl/α,β-unsaturated/α-hetero) is 1.